The number of aromatic amines is 2. The van der Waals surface area contributed by atoms with Crippen molar-refractivity contribution in [3.8, 4) is 11.4 Å². The summed E-state index contributed by atoms with van der Waals surface area (Å²) in [5, 5.41) is 6.46. The first-order valence-electron chi connectivity index (χ1n) is 4.69. The molecule has 0 atom stereocenters. The van der Waals surface area contributed by atoms with Gasteiger partial charge in [0.1, 0.15) is 0 Å². The molecule has 0 aliphatic carbocycles. The first-order chi connectivity index (χ1) is 6.58. The highest BCUT2D eigenvalue weighted by molar-refractivity contribution is 5.47. The first-order valence-corrected chi connectivity index (χ1v) is 4.69. The molecule has 0 aliphatic rings. The van der Waals surface area contributed by atoms with Gasteiger partial charge in [0.05, 0.1) is 11.4 Å². The summed E-state index contributed by atoms with van der Waals surface area (Å²) in [4.78, 5) is 0. The minimum atomic E-state index is 1.17. The van der Waals surface area contributed by atoms with Gasteiger partial charge in [0.2, 0.25) is 0 Å². The number of aryl methyl sites for hydroxylation is 4. The fraction of sp³-hybridized carbons (Fsp3) is 0.400. The van der Waals surface area contributed by atoms with E-state index in [4.69, 9.17) is 0 Å². The van der Waals surface area contributed by atoms with Gasteiger partial charge in [-0.15, -0.1) is 9.36 Å². The molecule has 4 nitrogen and oxygen atoms in total. The lowest BCUT2D eigenvalue weighted by Crippen LogP contribution is -2.38. The molecule has 0 radical (unpaired) electrons. The third kappa shape index (κ3) is 1.32. The van der Waals surface area contributed by atoms with Crippen molar-refractivity contribution >= 4 is 0 Å². The van der Waals surface area contributed by atoms with E-state index >= 15 is 0 Å². The van der Waals surface area contributed by atoms with Crippen molar-refractivity contribution in [2.45, 2.75) is 13.8 Å². The maximum absolute atomic E-state index is 3.23. The van der Waals surface area contributed by atoms with Crippen molar-refractivity contribution in [1.29, 1.82) is 0 Å². The third-order valence-corrected chi connectivity index (χ3v) is 2.38. The minimum absolute atomic E-state index is 1.17. The Hall–Kier alpha value is -1.58. The van der Waals surface area contributed by atoms with E-state index in [2.05, 4.69) is 36.2 Å². The highest BCUT2D eigenvalue weighted by atomic mass is 15.3. The van der Waals surface area contributed by atoms with Crippen molar-refractivity contribution in [2.24, 2.45) is 14.1 Å². The first kappa shape index (κ1) is 8.99. The predicted molar refractivity (Wildman–Crippen MR) is 52.4 cm³/mol. The van der Waals surface area contributed by atoms with Gasteiger partial charge in [0.25, 0.3) is 0 Å². The lowest BCUT2D eigenvalue weighted by atomic mass is 10.2. The molecule has 2 rings (SSSR count). The standard InChI is InChI=1S/C10H14N4/c1-7-5-9(13(3)11-7)10-6-8(2)12-14(10)4/h5-6H,1-4H3/p+2. The molecule has 0 saturated carbocycles. The van der Waals surface area contributed by atoms with Crippen LogP contribution in [-0.2, 0) is 14.1 Å². The summed E-state index contributed by atoms with van der Waals surface area (Å²) < 4.78 is 4.05. The van der Waals surface area contributed by atoms with E-state index in [9.17, 15) is 0 Å². The molecule has 2 heterocycles. The molecular formula is C10H16N4+2. The number of hydrogen-bond donors (Lipinski definition) is 2. The highest BCUT2D eigenvalue weighted by Gasteiger charge is 2.23. The van der Waals surface area contributed by atoms with Crippen LogP contribution in [0.5, 0.6) is 0 Å². The molecule has 2 aromatic rings. The summed E-state index contributed by atoms with van der Waals surface area (Å²) in [7, 11) is 4.04. The van der Waals surface area contributed by atoms with E-state index in [1.54, 1.807) is 0 Å². The molecular weight excluding hydrogens is 176 g/mol. The van der Waals surface area contributed by atoms with Crippen LogP contribution in [0.2, 0.25) is 0 Å². The topological polar surface area (TPSA) is 39.3 Å². The number of hydrogen-bond acceptors (Lipinski definition) is 0. The molecule has 2 N–H and O–H groups in total. The van der Waals surface area contributed by atoms with Crippen LogP contribution in [0.15, 0.2) is 12.1 Å². The average molecular weight is 192 g/mol. The maximum Gasteiger partial charge on any atom is 0.304 e. The Labute approximate surface area is 83.2 Å². The van der Waals surface area contributed by atoms with E-state index in [1.807, 2.05) is 23.5 Å². The Morgan fingerprint density at radius 1 is 0.857 bits per heavy atom. The number of aromatic nitrogens is 4. The summed E-state index contributed by atoms with van der Waals surface area (Å²) in [5.41, 5.74) is 4.71. The van der Waals surface area contributed by atoms with E-state index in [-0.39, 0.29) is 0 Å². The summed E-state index contributed by atoms with van der Waals surface area (Å²) >= 11 is 0. The minimum Gasteiger partial charge on any atom is -0.170 e. The van der Waals surface area contributed by atoms with Crippen molar-refractivity contribution in [3.05, 3.63) is 23.5 Å². The summed E-state index contributed by atoms with van der Waals surface area (Å²) in [6.07, 6.45) is 0. The Balaban J connectivity index is 2.59. The zero-order valence-corrected chi connectivity index (χ0v) is 9.05. The fourth-order valence-corrected chi connectivity index (χ4v) is 1.81. The zero-order valence-electron chi connectivity index (χ0n) is 9.05. The second kappa shape index (κ2) is 2.97. The Morgan fingerprint density at radius 2 is 1.21 bits per heavy atom. The van der Waals surface area contributed by atoms with Gasteiger partial charge in [-0.25, -0.2) is 0 Å². The maximum atomic E-state index is 3.23. The molecule has 0 spiro atoms. The smallest absolute Gasteiger partial charge is 0.170 e. The largest absolute Gasteiger partial charge is 0.304 e. The quantitative estimate of drug-likeness (QED) is 0.609. The second-order valence-electron chi connectivity index (χ2n) is 3.77. The number of nitrogens with one attached hydrogen (secondary N) is 2. The third-order valence-electron chi connectivity index (χ3n) is 2.38. The molecule has 0 aromatic carbocycles. The number of nitrogens with zero attached hydrogens (tertiary/aromatic N) is 2. The molecule has 0 unspecified atom stereocenters. The molecule has 4 heteroatoms. The molecule has 0 bridgehead atoms. The normalized spacial score (nSPS) is 10.9. The molecule has 0 saturated heterocycles. The van der Waals surface area contributed by atoms with Gasteiger partial charge in [-0.05, 0) is 13.8 Å². The van der Waals surface area contributed by atoms with Crippen LogP contribution < -0.4 is 9.36 Å². The van der Waals surface area contributed by atoms with Gasteiger partial charge in [-0.1, -0.05) is 0 Å². The van der Waals surface area contributed by atoms with Gasteiger partial charge in [-0.3, -0.25) is 0 Å². The molecule has 0 amide bonds. The van der Waals surface area contributed by atoms with Crippen molar-refractivity contribution in [3.63, 3.8) is 0 Å². The van der Waals surface area contributed by atoms with Gasteiger partial charge in [-0.2, -0.15) is 10.2 Å². The lowest BCUT2D eigenvalue weighted by Gasteiger charge is -1.84. The molecule has 2 aromatic heterocycles. The van der Waals surface area contributed by atoms with Gasteiger partial charge >= 0.3 is 11.4 Å². The van der Waals surface area contributed by atoms with Crippen LogP contribution in [0.3, 0.4) is 0 Å². The van der Waals surface area contributed by atoms with Gasteiger partial charge in [0.15, 0.2) is 14.1 Å². The lowest BCUT2D eigenvalue weighted by molar-refractivity contribution is -0.744. The van der Waals surface area contributed by atoms with Gasteiger partial charge in [0, 0.05) is 12.1 Å². The second-order valence-corrected chi connectivity index (χ2v) is 3.77. The van der Waals surface area contributed by atoms with E-state index in [1.165, 1.54) is 22.8 Å². The monoisotopic (exact) mass is 192 g/mol. The predicted octanol–water partition coefficient (Wildman–Crippen LogP) is 0.276. The fourth-order valence-electron chi connectivity index (χ4n) is 1.81. The molecule has 0 fully saturated rings. The molecule has 74 valence electrons. The Morgan fingerprint density at radius 3 is 1.43 bits per heavy atom. The summed E-state index contributed by atoms with van der Waals surface area (Å²) in [6, 6.07) is 4.28. The molecule has 0 aliphatic heterocycles. The number of rotatable bonds is 1. The van der Waals surface area contributed by atoms with Crippen molar-refractivity contribution in [1.82, 2.24) is 10.2 Å². The SMILES string of the molecule is Cc1cc(-c2cc(C)[nH][n+]2C)[n+](C)[nH]1. The van der Waals surface area contributed by atoms with Crippen LogP contribution in [0.25, 0.3) is 11.4 Å². The summed E-state index contributed by atoms with van der Waals surface area (Å²) in [6.45, 7) is 4.12. The van der Waals surface area contributed by atoms with Crippen LogP contribution in [0.4, 0.5) is 0 Å². The van der Waals surface area contributed by atoms with E-state index in [0.29, 0.717) is 0 Å². The highest BCUT2D eigenvalue weighted by Crippen LogP contribution is 2.11. The van der Waals surface area contributed by atoms with Crippen LogP contribution in [0.1, 0.15) is 11.4 Å². The van der Waals surface area contributed by atoms with Crippen molar-refractivity contribution < 1.29 is 9.36 Å². The van der Waals surface area contributed by atoms with E-state index in [0.717, 1.165) is 0 Å². The van der Waals surface area contributed by atoms with Crippen LogP contribution >= 0.6 is 0 Å². The zero-order chi connectivity index (χ0) is 10.3. The Bertz CT molecular complexity index is 420. The van der Waals surface area contributed by atoms with Crippen molar-refractivity contribution in [2.75, 3.05) is 0 Å². The van der Waals surface area contributed by atoms with E-state index < -0.39 is 0 Å². The average Bonchev–Trinajstić information content (AvgIpc) is 2.55. The van der Waals surface area contributed by atoms with Crippen LogP contribution in [0, 0.1) is 13.8 Å². The van der Waals surface area contributed by atoms with Gasteiger partial charge < -0.3 is 0 Å². The summed E-state index contributed by atoms with van der Waals surface area (Å²) in [5.74, 6) is 0. The number of H-pyrrole nitrogens is 2. The van der Waals surface area contributed by atoms with Crippen LogP contribution in [-0.4, -0.2) is 10.2 Å². The molecule has 14 heavy (non-hydrogen) atoms. The Kier molecular flexibility index (Phi) is 1.91.